The Morgan fingerprint density at radius 1 is 1.24 bits per heavy atom. The number of nitrogens with two attached hydrogens (primary N) is 1. The highest BCUT2D eigenvalue weighted by Crippen LogP contribution is 2.23. The third-order valence-corrected chi connectivity index (χ3v) is 4.05. The molecule has 0 bridgehead atoms. The fourth-order valence-electron chi connectivity index (χ4n) is 2.70. The predicted molar refractivity (Wildman–Crippen MR) is 85.8 cm³/mol. The first-order chi connectivity index (χ1) is 10.1. The minimum Gasteiger partial charge on any atom is -0.496 e. The number of hydrogen-bond acceptors (Lipinski definition) is 5. The van der Waals surface area contributed by atoms with E-state index in [1.807, 2.05) is 18.2 Å². The summed E-state index contributed by atoms with van der Waals surface area (Å²) >= 11 is 5.02. The number of methoxy groups -OCH3 is 3. The summed E-state index contributed by atoms with van der Waals surface area (Å²) < 4.78 is 16.3. The highest BCUT2D eigenvalue weighted by Gasteiger charge is 2.32. The molecule has 0 aromatic heterocycles. The van der Waals surface area contributed by atoms with E-state index in [0.717, 1.165) is 30.8 Å². The summed E-state index contributed by atoms with van der Waals surface area (Å²) in [5, 5.41) is 0. The van der Waals surface area contributed by atoms with Crippen LogP contribution in [0.25, 0.3) is 0 Å². The minimum atomic E-state index is 0.118. The highest BCUT2D eigenvalue weighted by atomic mass is 32.1. The first-order valence-electron chi connectivity index (χ1n) is 6.83. The van der Waals surface area contributed by atoms with Gasteiger partial charge in [0.15, 0.2) is 0 Å². The Kier molecular flexibility index (Phi) is 5.52. The lowest BCUT2D eigenvalue weighted by atomic mass is 10.1. The van der Waals surface area contributed by atoms with E-state index in [2.05, 4.69) is 4.90 Å². The molecule has 1 heterocycles. The summed E-state index contributed by atoms with van der Waals surface area (Å²) in [6, 6.07) is 5.92. The van der Waals surface area contributed by atoms with Crippen molar-refractivity contribution in [2.75, 3.05) is 34.4 Å². The van der Waals surface area contributed by atoms with Crippen LogP contribution in [-0.4, -0.2) is 56.5 Å². The summed E-state index contributed by atoms with van der Waals surface area (Å²) in [6.07, 6.45) is 0.237. The number of hydrogen-bond donors (Lipinski definition) is 1. The van der Waals surface area contributed by atoms with Crippen LogP contribution < -0.4 is 10.5 Å². The summed E-state index contributed by atoms with van der Waals surface area (Å²) in [5.41, 5.74) is 7.60. The molecular formula is C15H22N2O3S. The molecule has 1 fully saturated rings. The van der Waals surface area contributed by atoms with Crippen molar-refractivity contribution < 1.29 is 14.2 Å². The average molecular weight is 310 g/mol. The van der Waals surface area contributed by atoms with E-state index in [0.29, 0.717) is 10.7 Å². The van der Waals surface area contributed by atoms with Crippen LogP contribution in [0.1, 0.15) is 11.1 Å². The largest absolute Gasteiger partial charge is 0.496 e. The fourth-order valence-corrected chi connectivity index (χ4v) is 2.86. The molecule has 116 valence electrons. The van der Waals surface area contributed by atoms with Crippen molar-refractivity contribution in [3.8, 4) is 5.75 Å². The van der Waals surface area contributed by atoms with Gasteiger partial charge in [-0.2, -0.15) is 0 Å². The van der Waals surface area contributed by atoms with E-state index in [1.54, 1.807) is 21.3 Å². The Labute approximate surface area is 131 Å². The van der Waals surface area contributed by atoms with Gasteiger partial charge in [-0.15, -0.1) is 0 Å². The second-order valence-electron chi connectivity index (χ2n) is 5.14. The molecule has 0 aliphatic carbocycles. The average Bonchev–Trinajstić information content (AvgIpc) is 2.88. The molecule has 1 aromatic carbocycles. The lowest BCUT2D eigenvalue weighted by molar-refractivity contribution is -0.00461. The zero-order chi connectivity index (χ0) is 15.4. The van der Waals surface area contributed by atoms with Crippen LogP contribution >= 0.6 is 12.2 Å². The maximum atomic E-state index is 5.68. The predicted octanol–water partition coefficient (Wildman–Crippen LogP) is 1.17. The maximum absolute atomic E-state index is 5.68. The van der Waals surface area contributed by atoms with Crippen molar-refractivity contribution in [3.05, 3.63) is 29.3 Å². The molecule has 2 atom stereocenters. The van der Waals surface area contributed by atoms with Gasteiger partial charge >= 0.3 is 0 Å². The Morgan fingerprint density at radius 3 is 2.33 bits per heavy atom. The van der Waals surface area contributed by atoms with Crippen molar-refractivity contribution in [1.29, 1.82) is 0 Å². The second kappa shape index (κ2) is 7.17. The van der Waals surface area contributed by atoms with E-state index < -0.39 is 0 Å². The Balaban J connectivity index is 2.08. The summed E-state index contributed by atoms with van der Waals surface area (Å²) in [7, 11) is 5.07. The van der Waals surface area contributed by atoms with Gasteiger partial charge in [0.05, 0.1) is 24.9 Å². The van der Waals surface area contributed by atoms with Gasteiger partial charge in [-0.25, -0.2) is 0 Å². The van der Waals surface area contributed by atoms with Crippen molar-refractivity contribution in [3.63, 3.8) is 0 Å². The molecule has 1 saturated heterocycles. The van der Waals surface area contributed by atoms with E-state index in [-0.39, 0.29) is 12.2 Å². The van der Waals surface area contributed by atoms with Crippen LogP contribution in [0.4, 0.5) is 0 Å². The number of benzene rings is 1. The first-order valence-corrected chi connectivity index (χ1v) is 7.24. The first kappa shape index (κ1) is 16.2. The van der Waals surface area contributed by atoms with Crippen LogP contribution in [0.2, 0.25) is 0 Å². The quantitative estimate of drug-likeness (QED) is 0.796. The summed E-state index contributed by atoms with van der Waals surface area (Å²) in [6.45, 7) is 2.52. The van der Waals surface area contributed by atoms with Crippen LogP contribution in [0.5, 0.6) is 5.75 Å². The summed E-state index contributed by atoms with van der Waals surface area (Å²) in [4.78, 5) is 2.65. The molecule has 21 heavy (non-hydrogen) atoms. The van der Waals surface area contributed by atoms with Gasteiger partial charge < -0.3 is 19.9 Å². The highest BCUT2D eigenvalue weighted by molar-refractivity contribution is 7.80. The van der Waals surface area contributed by atoms with Gasteiger partial charge in [-0.05, 0) is 17.7 Å². The summed E-state index contributed by atoms with van der Waals surface area (Å²) in [5.74, 6) is 0.714. The molecule has 6 heteroatoms. The molecule has 2 N–H and O–H groups in total. The number of ether oxygens (including phenoxy) is 3. The van der Waals surface area contributed by atoms with Crippen molar-refractivity contribution in [1.82, 2.24) is 4.90 Å². The third kappa shape index (κ3) is 3.71. The zero-order valence-electron chi connectivity index (χ0n) is 12.7. The molecule has 0 saturated carbocycles. The monoisotopic (exact) mass is 310 g/mol. The molecular weight excluding hydrogens is 288 g/mol. The van der Waals surface area contributed by atoms with Gasteiger partial charge in [0.1, 0.15) is 10.7 Å². The lowest BCUT2D eigenvalue weighted by Gasteiger charge is -2.16. The Morgan fingerprint density at radius 2 is 1.86 bits per heavy atom. The number of likely N-dealkylation sites (tertiary alicyclic amines) is 1. The van der Waals surface area contributed by atoms with Crippen molar-refractivity contribution in [2.45, 2.75) is 18.8 Å². The van der Waals surface area contributed by atoms with Crippen LogP contribution in [0, 0.1) is 0 Å². The lowest BCUT2D eigenvalue weighted by Crippen LogP contribution is -2.27. The molecule has 1 aliphatic rings. The third-order valence-electron chi connectivity index (χ3n) is 3.83. The molecule has 1 aliphatic heterocycles. The van der Waals surface area contributed by atoms with E-state index >= 15 is 0 Å². The van der Waals surface area contributed by atoms with Gasteiger partial charge in [0.2, 0.25) is 0 Å². The van der Waals surface area contributed by atoms with Crippen molar-refractivity contribution >= 4 is 17.2 Å². The van der Waals surface area contributed by atoms with Gasteiger partial charge in [-0.1, -0.05) is 18.3 Å². The van der Waals surface area contributed by atoms with Crippen molar-refractivity contribution in [2.24, 2.45) is 5.73 Å². The Bertz CT molecular complexity index is 498. The van der Waals surface area contributed by atoms with Gasteiger partial charge in [-0.3, -0.25) is 4.90 Å². The molecule has 0 radical (unpaired) electrons. The van der Waals surface area contributed by atoms with Crippen LogP contribution in [0.3, 0.4) is 0 Å². The van der Waals surface area contributed by atoms with E-state index in [4.69, 9.17) is 32.2 Å². The number of thiocarbonyl (C=S) groups is 1. The fraction of sp³-hybridized carbons (Fsp3) is 0.533. The standard InChI is InChI=1S/C15H22N2O3S/c1-18-12-6-10(4-5-11(12)15(16)21)7-17-8-13(19-2)14(9-17)20-3/h4-6,13-14H,7-9H2,1-3H3,(H2,16,21). The normalized spacial score (nSPS) is 22.4. The van der Waals surface area contributed by atoms with E-state index in [9.17, 15) is 0 Å². The van der Waals surface area contributed by atoms with Crippen LogP contribution in [0.15, 0.2) is 18.2 Å². The molecule has 1 aromatic rings. The molecule has 0 spiro atoms. The maximum Gasteiger partial charge on any atom is 0.129 e. The topological polar surface area (TPSA) is 57.0 Å². The molecule has 0 amide bonds. The van der Waals surface area contributed by atoms with Gasteiger partial charge in [0.25, 0.3) is 0 Å². The molecule has 2 unspecified atom stereocenters. The zero-order valence-corrected chi connectivity index (χ0v) is 13.5. The van der Waals surface area contributed by atoms with E-state index in [1.165, 1.54) is 0 Å². The van der Waals surface area contributed by atoms with Crippen LogP contribution in [-0.2, 0) is 16.0 Å². The molecule has 5 nitrogen and oxygen atoms in total. The smallest absolute Gasteiger partial charge is 0.129 e. The second-order valence-corrected chi connectivity index (χ2v) is 5.58. The Hall–Kier alpha value is -1.21. The number of rotatable bonds is 6. The van der Waals surface area contributed by atoms with Gasteiger partial charge in [0, 0.05) is 33.9 Å². The molecule has 2 rings (SSSR count). The number of nitrogens with zero attached hydrogens (tertiary/aromatic N) is 1. The minimum absolute atomic E-state index is 0.118. The SMILES string of the molecule is COc1cc(CN2CC(OC)C(OC)C2)ccc1C(N)=S.